The summed E-state index contributed by atoms with van der Waals surface area (Å²) in [4.78, 5) is 40.2. The summed E-state index contributed by atoms with van der Waals surface area (Å²) in [5.74, 6) is 5.11. The number of nitrogens with one attached hydrogen (secondary N) is 1. The number of nitrogens with zero attached hydrogens (tertiary/aromatic N) is 1. The average molecular weight is 431 g/mol. The SMILES string of the molecule is CC1CCC(C(=O)N(c2cc(C#CC(C)(C)C)sc2C(=O)O)[C@H]2CCNC2=O)CC1. The van der Waals surface area contributed by atoms with Gasteiger partial charge in [0.05, 0.1) is 10.6 Å². The van der Waals surface area contributed by atoms with Crippen LogP contribution in [0.25, 0.3) is 0 Å². The molecule has 7 heteroatoms. The summed E-state index contributed by atoms with van der Waals surface area (Å²) in [6.45, 7) is 8.61. The Balaban J connectivity index is 2.03. The number of aromatic carboxylic acids is 1. The molecule has 0 bridgehead atoms. The Bertz CT molecular complexity index is 895. The van der Waals surface area contributed by atoms with Crippen LogP contribution in [0.5, 0.6) is 0 Å². The second-order valence-corrected chi connectivity index (χ2v) is 10.4. The highest BCUT2D eigenvalue weighted by Crippen LogP contribution is 2.37. The largest absolute Gasteiger partial charge is 0.477 e. The van der Waals surface area contributed by atoms with Gasteiger partial charge >= 0.3 is 5.97 Å². The maximum absolute atomic E-state index is 13.6. The van der Waals surface area contributed by atoms with Gasteiger partial charge in [-0.3, -0.25) is 14.5 Å². The fraction of sp³-hybridized carbons (Fsp3) is 0.609. The predicted octanol–water partition coefficient (Wildman–Crippen LogP) is 3.89. The molecule has 30 heavy (non-hydrogen) atoms. The van der Waals surface area contributed by atoms with Crippen molar-refractivity contribution in [2.75, 3.05) is 11.4 Å². The molecule has 1 aromatic heterocycles. The van der Waals surface area contributed by atoms with Crippen molar-refractivity contribution in [3.8, 4) is 11.8 Å². The van der Waals surface area contributed by atoms with Crippen LogP contribution in [0.15, 0.2) is 6.07 Å². The lowest BCUT2D eigenvalue weighted by molar-refractivity contribution is -0.127. The molecule has 2 amide bonds. The monoisotopic (exact) mass is 430 g/mol. The first-order valence-corrected chi connectivity index (χ1v) is 11.4. The van der Waals surface area contributed by atoms with Crippen LogP contribution in [0.3, 0.4) is 0 Å². The lowest BCUT2D eigenvalue weighted by Crippen LogP contribution is -2.48. The number of thiophene rings is 1. The first-order chi connectivity index (χ1) is 14.1. The number of carbonyl (C=O) groups is 3. The van der Waals surface area contributed by atoms with E-state index in [1.54, 1.807) is 6.07 Å². The fourth-order valence-electron chi connectivity index (χ4n) is 4.00. The van der Waals surface area contributed by atoms with E-state index in [9.17, 15) is 19.5 Å². The minimum Gasteiger partial charge on any atom is -0.477 e. The van der Waals surface area contributed by atoms with E-state index in [1.807, 2.05) is 20.8 Å². The van der Waals surface area contributed by atoms with Gasteiger partial charge in [0, 0.05) is 17.9 Å². The molecule has 0 aromatic carbocycles. The molecule has 0 spiro atoms. The molecule has 2 fully saturated rings. The molecule has 1 aromatic rings. The minimum atomic E-state index is -1.10. The molecular formula is C23H30N2O4S. The van der Waals surface area contributed by atoms with E-state index in [1.165, 1.54) is 4.90 Å². The molecule has 6 nitrogen and oxygen atoms in total. The lowest BCUT2D eigenvalue weighted by Gasteiger charge is -2.33. The highest BCUT2D eigenvalue weighted by molar-refractivity contribution is 7.15. The van der Waals surface area contributed by atoms with E-state index in [4.69, 9.17) is 0 Å². The Morgan fingerprint density at radius 1 is 1.20 bits per heavy atom. The number of anilines is 1. The summed E-state index contributed by atoms with van der Waals surface area (Å²) in [6.07, 6.45) is 3.96. The zero-order chi connectivity index (χ0) is 22.1. The maximum Gasteiger partial charge on any atom is 0.348 e. The molecule has 2 aliphatic rings. The summed E-state index contributed by atoms with van der Waals surface area (Å²) in [5.41, 5.74) is 0.0732. The number of hydrogen-bond acceptors (Lipinski definition) is 4. The predicted molar refractivity (Wildman–Crippen MR) is 118 cm³/mol. The first-order valence-electron chi connectivity index (χ1n) is 10.6. The van der Waals surface area contributed by atoms with Crippen LogP contribution in [0.4, 0.5) is 5.69 Å². The topological polar surface area (TPSA) is 86.7 Å². The average Bonchev–Trinajstić information content (AvgIpc) is 3.27. The summed E-state index contributed by atoms with van der Waals surface area (Å²) < 4.78 is 0. The van der Waals surface area contributed by atoms with Crippen LogP contribution in [0.1, 0.15) is 74.3 Å². The Hall–Kier alpha value is -2.33. The van der Waals surface area contributed by atoms with Crippen molar-refractivity contribution in [1.82, 2.24) is 5.32 Å². The zero-order valence-corrected chi connectivity index (χ0v) is 18.9. The molecule has 1 aliphatic heterocycles. The second kappa shape index (κ2) is 8.81. The van der Waals surface area contributed by atoms with E-state index in [2.05, 4.69) is 24.1 Å². The summed E-state index contributed by atoms with van der Waals surface area (Å²) >= 11 is 1.06. The van der Waals surface area contributed by atoms with Gasteiger partial charge in [-0.05, 0) is 64.9 Å². The number of carboxylic acid groups (broad SMARTS) is 1. The summed E-state index contributed by atoms with van der Waals surface area (Å²) in [5, 5.41) is 12.6. The molecule has 1 atom stereocenters. The Morgan fingerprint density at radius 3 is 2.40 bits per heavy atom. The van der Waals surface area contributed by atoms with Gasteiger partial charge in [-0.2, -0.15) is 0 Å². The van der Waals surface area contributed by atoms with E-state index < -0.39 is 12.0 Å². The highest BCUT2D eigenvalue weighted by atomic mass is 32.1. The number of carbonyl (C=O) groups excluding carboxylic acids is 2. The molecular weight excluding hydrogens is 400 g/mol. The van der Waals surface area contributed by atoms with E-state index >= 15 is 0 Å². The maximum atomic E-state index is 13.6. The molecule has 1 saturated carbocycles. The van der Waals surface area contributed by atoms with Crippen molar-refractivity contribution >= 4 is 34.8 Å². The van der Waals surface area contributed by atoms with E-state index in [0.717, 1.165) is 37.0 Å². The van der Waals surface area contributed by atoms with Gasteiger partial charge in [0.15, 0.2) is 0 Å². The van der Waals surface area contributed by atoms with Gasteiger partial charge in [0.1, 0.15) is 10.9 Å². The van der Waals surface area contributed by atoms with Crippen molar-refractivity contribution in [1.29, 1.82) is 0 Å². The van der Waals surface area contributed by atoms with Crippen LogP contribution in [-0.4, -0.2) is 35.5 Å². The van der Waals surface area contributed by atoms with Crippen LogP contribution in [0.2, 0.25) is 0 Å². The number of amides is 2. The summed E-state index contributed by atoms with van der Waals surface area (Å²) in [6, 6.07) is 0.995. The number of carboxylic acids is 1. The van der Waals surface area contributed by atoms with Crippen LogP contribution in [0, 0.1) is 29.1 Å². The van der Waals surface area contributed by atoms with Crippen molar-refractivity contribution in [3.05, 3.63) is 15.8 Å². The van der Waals surface area contributed by atoms with Gasteiger partial charge in [-0.25, -0.2) is 4.79 Å². The lowest BCUT2D eigenvalue weighted by atomic mass is 9.82. The number of hydrogen-bond donors (Lipinski definition) is 2. The molecule has 2 heterocycles. The van der Waals surface area contributed by atoms with Crippen molar-refractivity contribution in [2.24, 2.45) is 17.3 Å². The van der Waals surface area contributed by atoms with Crippen molar-refractivity contribution in [2.45, 2.75) is 65.8 Å². The van der Waals surface area contributed by atoms with Gasteiger partial charge in [0.2, 0.25) is 11.8 Å². The van der Waals surface area contributed by atoms with Crippen LogP contribution >= 0.6 is 11.3 Å². The highest BCUT2D eigenvalue weighted by Gasteiger charge is 2.40. The molecule has 1 aliphatic carbocycles. The minimum absolute atomic E-state index is 0.0606. The molecule has 0 radical (unpaired) electrons. The van der Waals surface area contributed by atoms with E-state index in [-0.39, 0.29) is 28.0 Å². The smallest absolute Gasteiger partial charge is 0.348 e. The van der Waals surface area contributed by atoms with Crippen LogP contribution < -0.4 is 10.2 Å². The Kier molecular flexibility index (Phi) is 6.56. The quantitative estimate of drug-likeness (QED) is 0.710. The molecule has 3 rings (SSSR count). The zero-order valence-electron chi connectivity index (χ0n) is 18.1. The third-order valence-electron chi connectivity index (χ3n) is 5.66. The third kappa shape index (κ3) is 5.04. The van der Waals surface area contributed by atoms with Gasteiger partial charge in [0.25, 0.3) is 0 Å². The molecule has 162 valence electrons. The summed E-state index contributed by atoms with van der Waals surface area (Å²) in [7, 11) is 0. The normalized spacial score (nSPS) is 24.0. The fourth-order valence-corrected chi connectivity index (χ4v) is 4.84. The molecule has 2 N–H and O–H groups in total. The standard InChI is InChI=1S/C23H30N2O4S/c1-14-5-7-15(8-6-14)21(27)25(17-10-12-24-20(17)26)18-13-16(9-11-23(2,3)4)30-19(18)22(28)29/h13-15,17H,5-8,10,12H2,1-4H3,(H,24,26)(H,28,29)/t14?,15?,17-/m0/s1. The Labute approximate surface area is 182 Å². The van der Waals surface area contributed by atoms with Gasteiger partial charge in [-0.15, -0.1) is 11.3 Å². The molecule has 1 saturated heterocycles. The van der Waals surface area contributed by atoms with Gasteiger partial charge in [-0.1, -0.05) is 18.8 Å². The molecule has 0 unspecified atom stereocenters. The Morgan fingerprint density at radius 2 is 1.87 bits per heavy atom. The van der Waals surface area contributed by atoms with E-state index in [0.29, 0.717) is 29.4 Å². The first kappa shape index (κ1) is 22.4. The number of rotatable bonds is 4. The van der Waals surface area contributed by atoms with Crippen molar-refractivity contribution < 1.29 is 19.5 Å². The van der Waals surface area contributed by atoms with Crippen LogP contribution in [-0.2, 0) is 9.59 Å². The van der Waals surface area contributed by atoms with Gasteiger partial charge < -0.3 is 10.4 Å². The van der Waals surface area contributed by atoms with Crippen molar-refractivity contribution in [3.63, 3.8) is 0 Å². The second-order valence-electron chi connectivity index (χ2n) is 9.39. The third-order valence-corrected chi connectivity index (χ3v) is 6.69.